The van der Waals surface area contributed by atoms with Gasteiger partial charge in [-0.1, -0.05) is 22.0 Å². The highest BCUT2D eigenvalue weighted by atomic mass is 79.9. The fourth-order valence-corrected chi connectivity index (χ4v) is 2.13. The fraction of sp³-hybridized carbons (Fsp3) is 0.0769. The lowest BCUT2D eigenvalue weighted by atomic mass is 10.2. The minimum absolute atomic E-state index is 0.0564. The zero-order valence-corrected chi connectivity index (χ0v) is 11.6. The second-order valence-corrected chi connectivity index (χ2v) is 4.38. The molecule has 20 heavy (non-hydrogen) atoms. The number of rotatable bonds is 4. The van der Waals surface area contributed by atoms with Crippen molar-refractivity contribution in [2.45, 2.75) is 5.33 Å². The number of ether oxygens (including phenoxy) is 1. The van der Waals surface area contributed by atoms with E-state index >= 15 is 0 Å². The zero-order chi connectivity index (χ0) is 14.7. The standard InChI is InChI=1S/C13H8BrF2NO3/c14-7-9-10(15)2-1-3-13(9)20-8-4-5-12(17(18)19)11(16)6-8/h1-6H,7H2. The van der Waals surface area contributed by atoms with Crippen LogP contribution < -0.4 is 4.74 Å². The van der Waals surface area contributed by atoms with Crippen LogP contribution in [-0.4, -0.2) is 4.92 Å². The van der Waals surface area contributed by atoms with Gasteiger partial charge in [-0.15, -0.1) is 0 Å². The Morgan fingerprint density at radius 3 is 2.55 bits per heavy atom. The van der Waals surface area contributed by atoms with Gasteiger partial charge in [0, 0.05) is 23.0 Å². The molecule has 104 valence electrons. The largest absolute Gasteiger partial charge is 0.457 e. The average molecular weight is 344 g/mol. The van der Waals surface area contributed by atoms with Crippen LogP contribution in [0.15, 0.2) is 36.4 Å². The molecule has 0 aromatic heterocycles. The van der Waals surface area contributed by atoms with E-state index in [9.17, 15) is 18.9 Å². The average Bonchev–Trinajstić information content (AvgIpc) is 2.38. The van der Waals surface area contributed by atoms with Gasteiger partial charge >= 0.3 is 5.69 Å². The molecule has 4 nitrogen and oxygen atoms in total. The first-order valence-corrected chi connectivity index (χ1v) is 6.60. The van der Waals surface area contributed by atoms with Crippen LogP contribution in [0.3, 0.4) is 0 Å². The SMILES string of the molecule is O=[N+]([O-])c1ccc(Oc2cccc(F)c2CBr)cc1F. The highest BCUT2D eigenvalue weighted by molar-refractivity contribution is 9.08. The molecule has 0 saturated heterocycles. The summed E-state index contributed by atoms with van der Waals surface area (Å²) in [7, 11) is 0. The van der Waals surface area contributed by atoms with Gasteiger partial charge in [-0.3, -0.25) is 10.1 Å². The molecule has 0 spiro atoms. The summed E-state index contributed by atoms with van der Waals surface area (Å²) in [6, 6.07) is 7.40. The first-order chi connectivity index (χ1) is 9.52. The van der Waals surface area contributed by atoms with Gasteiger partial charge in [0.15, 0.2) is 0 Å². The van der Waals surface area contributed by atoms with Crippen molar-refractivity contribution in [3.05, 3.63) is 63.7 Å². The molecule has 0 aliphatic rings. The summed E-state index contributed by atoms with van der Waals surface area (Å²) in [6.45, 7) is 0. The number of halogens is 3. The van der Waals surface area contributed by atoms with Gasteiger partial charge in [-0.05, 0) is 18.2 Å². The van der Waals surface area contributed by atoms with Crippen LogP contribution in [0.4, 0.5) is 14.5 Å². The van der Waals surface area contributed by atoms with Gasteiger partial charge in [0.2, 0.25) is 5.82 Å². The van der Waals surface area contributed by atoms with Crippen LogP contribution in [0.5, 0.6) is 11.5 Å². The third-order valence-electron chi connectivity index (χ3n) is 2.55. The third kappa shape index (κ3) is 2.93. The third-order valence-corrected chi connectivity index (χ3v) is 3.11. The molecule has 0 amide bonds. The maximum absolute atomic E-state index is 13.5. The van der Waals surface area contributed by atoms with Gasteiger partial charge in [-0.2, -0.15) is 4.39 Å². The molecule has 2 rings (SSSR count). The van der Waals surface area contributed by atoms with E-state index < -0.39 is 22.2 Å². The van der Waals surface area contributed by atoms with Crippen molar-refractivity contribution in [3.63, 3.8) is 0 Å². The zero-order valence-electron chi connectivity index (χ0n) is 9.98. The highest BCUT2D eigenvalue weighted by Gasteiger charge is 2.15. The summed E-state index contributed by atoms with van der Waals surface area (Å²) in [6.07, 6.45) is 0. The Kier molecular flexibility index (Phi) is 4.29. The quantitative estimate of drug-likeness (QED) is 0.464. The molecular formula is C13H8BrF2NO3. The Bertz CT molecular complexity index is 664. The second-order valence-electron chi connectivity index (χ2n) is 3.82. The molecule has 0 heterocycles. The Labute approximate surface area is 121 Å². The summed E-state index contributed by atoms with van der Waals surface area (Å²) < 4.78 is 32.4. The molecule has 2 aromatic carbocycles. The van der Waals surface area contributed by atoms with Crippen molar-refractivity contribution in [1.29, 1.82) is 0 Å². The van der Waals surface area contributed by atoms with Crippen LogP contribution in [0.25, 0.3) is 0 Å². The van der Waals surface area contributed by atoms with E-state index in [-0.39, 0.29) is 22.4 Å². The molecule has 0 atom stereocenters. The number of alkyl halides is 1. The number of benzene rings is 2. The molecule has 0 N–H and O–H groups in total. The lowest BCUT2D eigenvalue weighted by molar-refractivity contribution is -0.387. The molecule has 0 aliphatic heterocycles. The van der Waals surface area contributed by atoms with Gasteiger partial charge < -0.3 is 4.74 Å². The van der Waals surface area contributed by atoms with Gasteiger partial charge in [-0.25, -0.2) is 4.39 Å². The summed E-state index contributed by atoms with van der Waals surface area (Å²) in [4.78, 5) is 9.68. The number of nitro groups is 1. The van der Waals surface area contributed by atoms with E-state index in [1.165, 1.54) is 24.3 Å². The van der Waals surface area contributed by atoms with E-state index in [0.29, 0.717) is 0 Å². The van der Waals surface area contributed by atoms with Crippen LogP contribution in [0.2, 0.25) is 0 Å². The van der Waals surface area contributed by atoms with Crippen LogP contribution in [0, 0.1) is 21.7 Å². The summed E-state index contributed by atoms with van der Waals surface area (Å²) in [5, 5.41) is 10.7. The molecule has 0 unspecified atom stereocenters. The lowest BCUT2D eigenvalue weighted by Gasteiger charge is -2.10. The first-order valence-electron chi connectivity index (χ1n) is 5.48. The lowest BCUT2D eigenvalue weighted by Crippen LogP contribution is -1.95. The highest BCUT2D eigenvalue weighted by Crippen LogP contribution is 2.30. The number of nitrogens with zero attached hydrogens (tertiary/aromatic N) is 1. The monoisotopic (exact) mass is 343 g/mol. The Morgan fingerprint density at radius 2 is 1.95 bits per heavy atom. The Morgan fingerprint density at radius 1 is 1.20 bits per heavy atom. The summed E-state index contributed by atoms with van der Waals surface area (Å²) in [5.74, 6) is -1.19. The molecule has 7 heteroatoms. The van der Waals surface area contributed by atoms with Gasteiger partial charge in [0.1, 0.15) is 17.3 Å². The second kappa shape index (κ2) is 5.96. The van der Waals surface area contributed by atoms with E-state index in [1.54, 1.807) is 0 Å². The number of hydrogen-bond donors (Lipinski definition) is 0. The number of hydrogen-bond acceptors (Lipinski definition) is 3. The van der Waals surface area contributed by atoms with E-state index in [2.05, 4.69) is 15.9 Å². The summed E-state index contributed by atoms with van der Waals surface area (Å²) in [5.41, 5.74) is -0.358. The van der Waals surface area contributed by atoms with Crippen molar-refractivity contribution in [2.24, 2.45) is 0 Å². The fourth-order valence-electron chi connectivity index (χ4n) is 1.59. The molecule has 0 aliphatic carbocycles. The maximum Gasteiger partial charge on any atom is 0.305 e. The van der Waals surface area contributed by atoms with Gasteiger partial charge in [0.25, 0.3) is 0 Å². The van der Waals surface area contributed by atoms with Crippen LogP contribution >= 0.6 is 15.9 Å². The minimum atomic E-state index is -1.01. The van der Waals surface area contributed by atoms with E-state index in [0.717, 1.165) is 12.1 Å². The molecule has 2 aromatic rings. The van der Waals surface area contributed by atoms with E-state index in [4.69, 9.17) is 4.74 Å². The minimum Gasteiger partial charge on any atom is -0.457 e. The Balaban J connectivity index is 2.34. The normalized spacial score (nSPS) is 10.3. The van der Waals surface area contributed by atoms with Crippen molar-refractivity contribution < 1.29 is 18.4 Å². The van der Waals surface area contributed by atoms with Gasteiger partial charge in [0.05, 0.1) is 4.92 Å². The Hall–Kier alpha value is -2.02. The predicted octanol–water partition coefficient (Wildman–Crippen LogP) is 4.56. The molecule has 0 radical (unpaired) electrons. The van der Waals surface area contributed by atoms with Crippen molar-refractivity contribution in [2.75, 3.05) is 0 Å². The first kappa shape index (κ1) is 14.4. The molecule has 0 fully saturated rings. The smallest absolute Gasteiger partial charge is 0.305 e. The summed E-state index contributed by atoms with van der Waals surface area (Å²) >= 11 is 3.13. The predicted molar refractivity (Wildman–Crippen MR) is 72.2 cm³/mol. The van der Waals surface area contributed by atoms with E-state index in [1.807, 2.05) is 0 Å². The van der Waals surface area contributed by atoms with Crippen molar-refractivity contribution in [1.82, 2.24) is 0 Å². The van der Waals surface area contributed by atoms with Crippen molar-refractivity contribution in [3.8, 4) is 11.5 Å². The van der Waals surface area contributed by atoms with Crippen molar-refractivity contribution >= 4 is 21.6 Å². The topological polar surface area (TPSA) is 52.4 Å². The molecule has 0 saturated carbocycles. The number of nitro benzene ring substituents is 1. The van der Waals surface area contributed by atoms with Crippen LogP contribution in [-0.2, 0) is 5.33 Å². The molecular weight excluding hydrogens is 336 g/mol. The maximum atomic E-state index is 13.5. The molecule has 0 bridgehead atoms. The van der Waals surface area contributed by atoms with Crippen LogP contribution in [0.1, 0.15) is 5.56 Å².